The van der Waals surface area contributed by atoms with Gasteiger partial charge in [-0.1, -0.05) is 41.9 Å². The minimum atomic E-state index is -3.49. The van der Waals surface area contributed by atoms with Gasteiger partial charge in [0, 0.05) is 16.1 Å². The van der Waals surface area contributed by atoms with E-state index in [9.17, 15) is 8.42 Å². The molecule has 0 atom stereocenters. The summed E-state index contributed by atoms with van der Waals surface area (Å²) < 4.78 is 25.7. The number of nitrogens with one attached hydrogen (secondary N) is 1. The van der Waals surface area contributed by atoms with E-state index in [-0.39, 0.29) is 5.96 Å². The number of sulfonamides is 1. The van der Waals surface area contributed by atoms with Crippen molar-refractivity contribution in [1.29, 1.82) is 0 Å². The Morgan fingerprint density at radius 2 is 1.75 bits per heavy atom. The van der Waals surface area contributed by atoms with Gasteiger partial charge in [-0.3, -0.25) is 4.72 Å². The summed E-state index contributed by atoms with van der Waals surface area (Å²) in [6, 6.07) is 13.8. The van der Waals surface area contributed by atoms with E-state index >= 15 is 0 Å². The van der Waals surface area contributed by atoms with E-state index in [0.29, 0.717) is 27.5 Å². The monoisotopic (exact) mass is 365 g/mol. The topological polar surface area (TPSA) is 123 Å². The molecule has 0 saturated heterocycles. The maximum atomic E-state index is 11.6. The largest absolute Gasteiger partial charge is 0.369 e. The third kappa shape index (κ3) is 4.97. The normalized spacial score (nSPS) is 11.8. The molecule has 0 aromatic heterocycles. The number of nitrogens with zero attached hydrogens (tertiary/aromatic N) is 2. The first-order valence-electron chi connectivity index (χ1n) is 6.76. The molecule has 0 heterocycles. The second-order valence-corrected chi connectivity index (χ2v) is 7.09. The summed E-state index contributed by atoms with van der Waals surface area (Å²) in [4.78, 5) is 0. The lowest BCUT2D eigenvalue weighted by molar-refractivity contribution is 0.607. The molecule has 5 N–H and O–H groups in total. The van der Waals surface area contributed by atoms with Gasteiger partial charge in [0.1, 0.15) is 5.71 Å². The molecule has 2 rings (SSSR count). The average Bonchev–Trinajstić information content (AvgIpc) is 2.49. The molecule has 2 aromatic carbocycles. The highest BCUT2D eigenvalue weighted by Gasteiger charge is 2.15. The van der Waals surface area contributed by atoms with Crippen LogP contribution in [-0.4, -0.2) is 26.3 Å². The van der Waals surface area contributed by atoms with Crippen LogP contribution in [0.3, 0.4) is 0 Å². The van der Waals surface area contributed by atoms with Crippen LogP contribution < -0.4 is 16.2 Å². The van der Waals surface area contributed by atoms with Gasteiger partial charge in [-0.25, -0.2) is 8.42 Å². The molecule has 0 unspecified atom stereocenters. The van der Waals surface area contributed by atoms with Crippen molar-refractivity contribution in [2.24, 2.45) is 21.7 Å². The van der Waals surface area contributed by atoms with Gasteiger partial charge in [-0.15, -0.1) is 10.2 Å². The zero-order valence-electron chi connectivity index (χ0n) is 12.8. The maximum absolute atomic E-state index is 11.6. The fourth-order valence-corrected chi connectivity index (χ4v) is 2.72. The molecule has 0 bridgehead atoms. The molecule has 0 spiro atoms. The highest BCUT2D eigenvalue weighted by Crippen LogP contribution is 2.25. The Hall–Kier alpha value is -2.58. The predicted octanol–water partition coefficient (Wildman–Crippen LogP) is 1.74. The van der Waals surface area contributed by atoms with Gasteiger partial charge >= 0.3 is 0 Å². The maximum Gasteiger partial charge on any atom is 0.229 e. The smallest absolute Gasteiger partial charge is 0.229 e. The van der Waals surface area contributed by atoms with Crippen LogP contribution in [0.25, 0.3) is 0 Å². The minimum absolute atomic E-state index is 0.219. The fourth-order valence-electron chi connectivity index (χ4n) is 1.97. The standard InChI is InChI=1S/C15H16ClN5O2S/c1-24(22,23)21-13-8-7-11(16)9-12(13)14(19-20-15(17)18)10-5-3-2-4-6-10/h2-9,21H,1H3,(H4,17,18,20)/b19-14+. The van der Waals surface area contributed by atoms with Crippen LogP contribution in [0, 0.1) is 0 Å². The van der Waals surface area contributed by atoms with Crippen LogP contribution in [0.5, 0.6) is 0 Å². The van der Waals surface area contributed by atoms with E-state index in [1.165, 1.54) is 0 Å². The highest BCUT2D eigenvalue weighted by atomic mass is 35.5. The summed E-state index contributed by atoms with van der Waals surface area (Å²) >= 11 is 6.06. The SMILES string of the molecule is CS(=O)(=O)Nc1ccc(Cl)cc1/C(=N/N=C(N)N)c1ccccc1. The van der Waals surface area contributed by atoms with Crippen molar-refractivity contribution in [3.8, 4) is 0 Å². The quantitative estimate of drug-likeness (QED) is 0.424. The van der Waals surface area contributed by atoms with Gasteiger partial charge in [-0.2, -0.15) is 0 Å². The van der Waals surface area contributed by atoms with Crippen molar-refractivity contribution in [3.63, 3.8) is 0 Å². The predicted molar refractivity (Wildman–Crippen MR) is 97.8 cm³/mol. The molecular weight excluding hydrogens is 350 g/mol. The highest BCUT2D eigenvalue weighted by molar-refractivity contribution is 7.92. The Kier molecular flexibility index (Phi) is 5.42. The Morgan fingerprint density at radius 3 is 2.33 bits per heavy atom. The Labute approximate surface area is 145 Å². The van der Waals surface area contributed by atoms with Gasteiger partial charge in [-0.05, 0) is 18.2 Å². The number of hydrogen-bond donors (Lipinski definition) is 3. The Morgan fingerprint density at radius 1 is 1.08 bits per heavy atom. The average molecular weight is 366 g/mol. The second-order valence-electron chi connectivity index (χ2n) is 4.90. The van der Waals surface area contributed by atoms with E-state index in [0.717, 1.165) is 6.26 Å². The van der Waals surface area contributed by atoms with Crippen LogP contribution in [0.15, 0.2) is 58.7 Å². The van der Waals surface area contributed by atoms with E-state index in [1.54, 1.807) is 30.3 Å². The third-order valence-electron chi connectivity index (χ3n) is 2.84. The van der Waals surface area contributed by atoms with E-state index in [1.807, 2.05) is 18.2 Å². The molecule has 0 aliphatic heterocycles. The van der Waals surface area contributed by atoms with Crippen LogP contribution in [0.1, 0.15) is 11.1 Å². The number of rotatable bonds is 5. The first-order valence-corrected chi connectivity index (χ1v) is 9.03. The van der Waals surface area contributed by atoms with E-state index < -0.39 is 10.0 Å². The summed E-state index contributed by atoms with van der Waals surface area (Å²) in [6.07, 6.45) is 1.06. The Balaban J connectivity index is 2.68. The number of nitrogens with two attached hydrogens (primary N) is 2. The molecular formula is C15H16ClN5O2S. The second kappa shape index (κ2) is 7.33. The van der Waals surface area contributed by atoms with E-state index in [2.05, 4.69) is 14.9 Å². The zero-order valence-corrected chi connectivity index (χ0v) is 14.3. The molecule has 0 aliphatic carbocycles. The lowest BCUT2D eigenvalue weighted by atomic mass is 10.0. The molecule has 126 valence electrons. The summed E-state index contributed by atoms with van der Waals surface area (Å²) in [5.74, 6) is -0.219. The number of halogens is 1. The van der Waals surface area contributed by atoms with Gasteiger partial charge in [0.05, 0.1) is 11.9 Å². The molecule has 0 amide bonds. The van der Waals surface area contributed by atoms with Crippen LogP contribution in [0.4, 0.5) is 5.69 Å². The first kappa shape index (κ1) is 17.8. The number of guanidine groups is 1. The van der Waals surface area contributed by atoms with Crippen molar-refractivity contribution < 1.29 is 8.42 Å². The van der Waals surface area contributed by atoms with Crippen LogP contribution in [0.2, 0.25) is 5.02 Å². The molecule has 0 saturated carbocycles. The van der Waals surface area contributed by atoms with Gasteiger partial charge in [0.2, 0.25) is 16.0 Å². The number of hydrogen-bond acceptors (Lipinski definition) is 4. The van der Waals surface area contributed by atoms with E-state index in [4.69, 9.17) is 23.1 Å². The summed E-state index contributed by atoms with van der Waals surface area (Å²) in [6.45, 7) is 0. The molecule has 24 heavy (non-hydrogen) atoms. The van der Waals surface area contributed by atoms with Crippen LogP contribution >= 0.6 is 11.6 Å². The molecule has 7 nitrogen and oxygen atoms in total. The van der Waals surface area contributed by atoms with Gasteiger partial charge in [0.25, 0.3) is 0 Å². The van der Waals surface area contributed by atoms with Crippen molar-refractivity contribution in [3.05, 3.63) is 64.7 Å². The molecule has 0 fully saturated rings. The minimum Gasteiger partial charge on any atom is -0.369 e. The van der Waals surface area contributed by atoms with Gasteiger partial charge < -0.3 is 11.5 Å². The van der Waals surface area contributed by atoms with Crippen molar-refractivity contribution >= 4 is 39.0 Å². The Bertz CT molecular complexity index is 891. The van der Waals surface area contributed by atoms with Crippen LogP contribution in [-0.2, 0) is 10.0 Å². The third-order valence-corrected chi connectivity index (χ3v) is 3.67. The molecule has 0 aliphatic rings. The summed E-state index contributed by atoms with van der Waals surface area (Å²) in [5.41, 5.74) is 12.5. The van der Waals surface area contributed by atoms with Gasteiger partial charge in [0.15, 0.2) is 0 Å². The summed E-state index contributed by atoms with van der Waals surface area (Å²) in [5, 5.41) is 8.16. The van der Waals surface area contributed by atoms with Crippen molar-refractivity contribution in [1.82, 2.24) is 0 Å². The fraction of sp³-hybridized carbons (Fsp3) is 0.0667. The van der Waals surface area contributed by atoms with Crippen molar-refractivity contribution in [2.45, 2.75) is 0 Å². The molecule has 0 radical (unpaired) electrons. The lowest BCUT2D eigenvalue weighted by Gasteiger charge is -2.13. The number of anilines is 1. The van der Waals surface area contributed by atoms with Crippen molar-refractivity contribution in [2.75, 3.05) is 11.0 Å². The molecule has 9 heteroatoms. The number of benzene rings is 2. The lowest BCUT2D eigenvalue weighted by Crippen LogP contribution is -2.22. The molecule has 2 aromatic rings. The first-order chi connectivity index (χ1) is 11.3. The zero-order chi connectivity index (χ0) is 17.7. The summed E-state index contributed by atoms with van der Waals surface area (Å²) in [7, 11) is -3.49.